The summed E-state index contributed by atoms with van der Waals surface area (Å²) >= 11 is 0. The molecule has 94 valence electrons. The van der Waals surface area contributed by atoms with Gasteiger partial charge in [-0.25, -0.2) is 9.97 Å². The van der Waals surface area contributed by atoms with Crippen molar-refractivity contribution in [2.45, 2.75) is 38.8 Å². The van der Waals surface area contributed by atoms with Crippen LogP contribution < -0.4 is 5.32 Å². The first-order valence-corrected chi connectivity index (χ1v) is 6.42. The molecule has 1 aliphatic heterocycles. The maximum absolute atomic E-state index is 5.67. The molecule has 0 aromatic carbocycles. The van der Waals surface area contributed by atoms with Crippen LogP contribution in [0.15, 0.2) is 18.7 Å². The number of ether oxygens (including phenoxy) is 1. The molecule has 2 rings (SSSR count). The number of hydrogen-bond donors (Lipinski definition) is 1. The summed E-state index contributed by atoms with van der Waals surface area (Å²) in [6.45, 7) is 6.22. The summed E-state index contributed by atoms with van der Waals surface area (Å²) < 4.78 is 5.67. The van der Waals surface area contributed by atoms with Gasteiger partial charge >= 0.3 is 0 Å². The van der Waals surface area contributed by atoms with Gasteiger partial charge in [-0.1, -0.05) is 6.92 Å². The Morgan fingerprint density at radius 3 is 2.82 bits per heavy atom. The normalized spacial score (nSPS) is 26.0. The van der Waals surface area contributed by atoms with Crippen molar-refractivity contribution in [2.75, 3.05) is 13.2 Å². The van der Waals surface area contributed by atoms with Crippen LogP contribution in [0.4, 0.5) is 0 Å². The quantitative estimate of drug-likeness (QED) is 0.847. The summed E-state index contributed by atoms with van der Waals surface area (Å²) in [6, 6.07) is 0.314. The smallest absolute Gasteiger partial charge is 0.115 e. The maximum atomic E-state index is 5.67. The number of aromatic nitrogens is 2. The molecule has 17 heavy (non-hydrogen) atoms. The van der Waals surface area contributed by atoms with Crippen LogP contribution in [0.1, 0.15) is 38.3 Å². The zero-order valence-electron chi connectivity index (χ0n) is 10.6. The molecule has 1 aromatic heterocycles. The molecule has 1 fully saturated rings. The first-order valence-electron chi connectivity index (χ1n) is 6.42. The molecule has 0 radical (unpaired) electrons. The third kappa shape index (κ3) is 3.01. The minimum absolute atomic E-state index is 0.310. The Labute approximate surface area is 103 Å². The van der Waals surface area contributed by atoms with E-state index >= 15 is 0 Å². The van der Waals surface area contributed by atoms with Crippen molar-refractivity contribution >= 4 is 0 Å². The molecule has 0 saturated carbocycles. The van der Waals surface area contributed by atoms with Gasteiger partial charge in [0.05, 0.1) is 6.10 Å². The van der Waals surface area contributed by atoms with E-state index in [1.807, 2.05) is 12.4 Å². The lowest BCUT2D eigenvalue weighted by Crippen LogP contribution is -2.32. The van der Waals surface area contributed by atoms with Crippen molar-refractivity contribution in [3.63, 3.8) is 0 Å². The average molecular weight is 235 g/mol. The largest absolute Gasteiger partial charge is 0.378 e. The molecule has 1 aliphatic rings. The topological polar surface area (TPSA) is 47.0 Å². The second kappa shape index (κ2) is 6.07. The van der Waals surface area contributed by atoms with E-state index in [1.54, 1.807) is 6.33 Å². The fourth-order valence-electron chi connectivity index (χ4n) is 2.47. The standard InChI is InChI=1S/C13H21N3O/c1-3-5-16-13(11-7-14-9-15-8-11)12-4-6-17-10(12)2/h7-10,12-13,16H,3-6H2,1-2H3. The highest BCUT2D eigenvalue weighted by atomic mass is 16.5. The number of rotatable bonds is 5. The van der Waals surface area contributed by atoms with Gasteiger partial charge in [-0.05, 0) is 26.3 Å². The summed E-state index contributed by atoms with van der Waals surface area (Å²) in [4.78, 5) is 8.24. The summed E-state index contributed by atoms with van der Waals surface area (Å²) in [5, 5.41) is 3.60. The van der Waals surface area contributed by atoms with Crippen molar-refractivity contribution in [1.29, 1.82) is 0 Å². The fourth-order valence-corrected chi connectivity index (χ4v) is 2.47. The highest BCUT2D eigenvalue weighted by Gasteiger charge is 2.32. The van der Waals surface area contributed by atoms with Crippen LogP contribution in [0.2, 0.25) is 0 Å². The van der Waals surface area contributed by atoms with Crippen LogP contribution in [-0.4, -0.2) is 29.2 Å². The lowest BCUT2D eigenvalue weighted by molar-refractivity contribution is 0.0953. The van der Waals surface area contributed by atoms with Crippen LogP contribution in [0.25, 0.3) is 0 Å². The molecule has 4 nitrogen and oxygen atoms in total. The molecule has 3 atom stereocenters. The SMILES string of the molecule is CCCNC(c1cncnc1)C1CCOC1C. The molecule has 0 bridgehead atoms. The van der Waals surface area contributed by atoms with Crippen LogP contribution >= 0.6 is 0 Å². The highest BCUT2D eigenvalue weighted by Crippen LogP contribution is 2.32. The zero-order valence-corrected chi connectivity index (χ0v) is 10.6. The van der Waals surface area contributed by atoms with Crippen molar-refractivity contribution in [2.24, 2.45) is 5.92 Å². The molecule has 3 unspecified atom stereocenters. The summed E-state index contributed by atoms with van der Waals surface area (Å²) in [5.74, 6) is 0.521. The third-order valence-electron chi connectivity index (χ3n) is 3.42. The van der Waals surface area contributed by atoms with Gasteiger partial charge in [0, 0.05) is 36.5 Å². The summed E-state index contributed by atoms with van der Waals surface area (Å²) in [7, 11) is 0. The van der Waals surface area contributed by atoms with Gasteiger partial charge in [0.2, 0.25) is 0 Å². The first-order chi connectivity index (χ1) is 8.33. The summed E-state index contributed by atoms with van der Waals surface area (Å²) in [5.41, 5.74) is 1.17. The van der Waals surface area contributed by atoms with E-state index in [1.165, 1.54) is 5.56 Å². The van der Waals surface area contributed by atoms with Crippen LogP contribution in [-0.2, 0) is 4.74 Å². The van der Waals surface area contributed by atoms with Gasteiger partial charge in [-0.15, -0.1) is 0 Å². The van der Waals surface area contributed by atoms with E-state index < -0.39 is 0 Å². The second-order valence-corrected chi connectivity index (χ2v) is 4.63. The van der Waals surface area contributed by atoms with Crippen molar-refractivity contribution in [3.05, 3.63) is 24.3 Å². The maximum Gasteiger partial charge on any atom is 0.115 e. The average Bonchev–Trinajstić information content (AvgIpc) is 2.78. The highest BCUT2D eigenvalue weighted by molar-refractivity contribution is 5.12. The molecule has 0 aliphatic carbocycles. The number of hydrogen-bond acceptors (Lipinski definition) is 4. The lowest BCUT2D eigenvalue weighted by Gasteiger charge is -2.26. The van der Waals surface area contributed by atoms with Crippen LogP contribution in [0.5, 0.6) is 0 Å². The molecule has 0 amide bonds. The molecule has 2 heterocycles. The molecule has 0 spiro atoms. The van der Waals surface area contributed by atoms with Gasteiger partial charge in [-0.3, -0.25) is 0 Å². The minimum atomic E-state index is 0.310. The Kier molecular flexibility index (Phi) is 4.45. The van der Waals surface area contributed by atoms with Crippen LogP contribution in [0, 0.1) is 5.92 Å². The van der Waals surface area contributed by atoms with Crippen LogP contribution in [0.3, 0.4) is 0 Å². The molecule has 1 aromatic rings. The molecule has 1 saturated heterocycles. The monoisotopic (exact) mass is 235 g/mol. The lowest BCUT2D eigenvalue weighted by atomic mass is 9.89. The zero-order chi connectivity index (χ0) is 12.1. The van der Waals surface area contributed by atoms with E-state index in [9.17, 15) is 0 Å². The Morgan fingerprint density at radius 1 is 1.47 bits per heavy atom. The Balaban J connectivity index is 2.13. The predicted molar refractivity (Wildman–Crippen MR) is 66.6 cm³/mol. The Morgan fingerprint density at radius 2 is 2.24 bits per heavy atom. The summed E-state index contributed by atoms with van der Waals surface area (Å²) in [6.07, 6.45) is 7.94. The van der Waals surface area contributed by atoms with Gasteiger partial charge in [-0.2, -0.15) is 0 Å². The Hall–Kier alpha value is -1.00. The number of nitrogens with zero attached hydrogens (tertiary/aromatic N) is 2. The molecule has 1 N–H and O–H groups in total. The first kappa shape index (κ1) is 12.5. The Bertz CT molecular complexity index is 331. The number of nitrogens with one attached hydrogen (secondary N) is 1. The molecule has 4 heteroatoms. The van der Waals surface area contributed by atoms with E-state index in [0.29, 0.717) is 18.1 Å². The third-order valence-corrected chi connectivity index (χ3v) is 3.42. The van der Waals surface area contributed by atoms with E-state index in [0.717, 1.165) is 26.0 Å². The van der Waals surface area contributed by atoms with Crippen molar-refractivity contribution in [3.8, 4) is 0 Å². The molecular formula is C13H21N3O. The van der Waals surface area contributed by atoms with Gasteiger partial charge in [0.25, 0.3) is 0 Å². The van der Waals surface area contributed by atoms with E-state index in [2.05, 4.69) is 29.1 Å². The van der Waals surface area contributed by atoms with Gasteiger partial charge in [0.15, 0.2) is 0 Å². The van der Waals surface area contributed by atoms with Crippen molar-refractivity contribution in [1.82, 2.24) is 15.3 Å². The van der Waals surface area contributed by atoms with E-state index in [4.69, 9.17) is 4.74 Å². The molecular weight excluding hydrogens is 214 g/mol. The predicted octanol–water partition coefficient (Wildman–Crippen LogP) is 1.94. The van der Waals surface area contributed by atoms with Crippen molar-refractivity contribution < 1.29 is 4.74 Å². The van der Waals surface area contributed by atoms with Gasteiger partial charge in [0.1, 0.15) is 6.33 Å². The minimum Gasteiger partial charge on any atom is -0.378 e. The van der Waals surface area contributed by atoms with E-state index in [-0.39, 0.29) is 0 Å². The fraction of sp³-hybridized carbons (Fsp3) is 0.692. The van der Waals surface area contributed by atoms with Gasteiger partial charge < -0.3 is 10.1 Å². The second-order valence-electron chi connectivity index (χ2n) is 4.63.